The summed E-state index contributed by atoms with van der Waals surface area (Å²) in [7, 11) is 1.95. The van der Waals surface area contributed by atoms with Crippen molar-refractivity contribution in [3.05, 3.63) is 64.4 Å². The highest BCUT2D eigenvalue weighted by atomic mass is 35.5. The molecule has 0 amide bonds. The van der Waals surface area contributed by atoms with E-state index in [0.29, 0.717) is 5.02 Å². The molecule has 2 unspecified atom stereocenters. The quantitative estimate of drug-likeness (QED) is 0.935. The minimum atomic E-state index is 0.116. The van der Waals surface area contributed by atoms with Crippen LogP contribution in [0.2, 0.25) is 5.02 Å². The van der Waals surface area contributed by atoms with Crippen LogP contribution in [0.25, 0.3) is 0 Å². The second-order valence-electron chi connectivity index (χ2n) is 5.29. The summed E-state index contributed by atoms with van der Waals surface area (Å²) in [6.45, 7) is 0.784. The Kier molecular flexibility index (Phi) is 4.54. The molecule has 0 spiro atoms. The number of nitrogens with zero attached hydrogens (tertiary/aromatic N) is 1. The summed E-state index contributed by atoms with van der Waals surface area (Å²) >= 11 is 5.91. The van der Waals surface area contributed by atoms with Crippen LogP contribution in [0.4, 0.5) is 0 Å². The van der Waals surface area contributed by atoms with Gasteiger partial charge >= 0.3 is 0 Å². The number of nitrogens with one attached hydrogen (secondary N) is 1. The van der Waals surface area contributed by atoms with Crippen LogP contribution in [0.3, 0.4) is 0 Å². The molecule has 110 valence electrons. The maximum atomic E-state index is 5.99. The summed E-state index contributed by atoms with van der Waals surface area (Å²) < 4.78 is 5.99. The van der Waals surface area contributed by atoms with Gasteiger partial charge in [0, 0.05) is 6.20 Å². The first kappa shape index (κ1) is 14.5. The van der Waals surface area contributed by atoms with Gasteiger partial charge in [-0.1, -0.05) is 35.9 Å². The van der Waals surface area contributed by atoms with Crippen molar-refractivity contribution in [2.24, 2.45) is 0 Å². The number of ether oxygens (including phenoxy) is 1. The molecule has 1 N–H and O–H groups in total. The highest BCUT2D eigenvalue weighted by Gasteiger charge is 2.24. The smallest absolute Gasteiger partial charge is 0.0846 e. The highest BCUT2D eigenvalue weighted by Crippen LogP contribution is 2.33. The SMILES string of the molecule is CNC(CC1OCCc2ccccc21)c1ccc(Cl)cn1. The first-order chi connectivity index (χ1) is 10.3. The molecule has 2 aromatic rings. The summed E-state index contributed by atoms with van der Waals surface area (Å²) in [4.78, 5) is 4.42. The molecule has 0 saturated heterocycles. The van der Waals surface area contributed by atoms with Gasteiger partial charge in [-0.25, -0.2) is 0 Å². The first-order valence-electron chi connectivity index (χ1n) is 7.26. The fourth-order valence-electron chi connectivity index (χ4n) is 2.87. The van der Waals surface area contributed by atoms with Crippen LogP contribution >= 0.6 is 11.6 Å². The number of rotatable bonds is 4. The standard InChI is InChI=1S/C17H19ClN2O/c1-19-16(15-7-6-13(18)11-20-15)10-17-14-5-3-2-4-12(14)8-9-21-17/h2-7,11,16-17,19H,8-10H2,1H3. The van der Waals surface area contributed by atoms with Gasteiger partial charge in [-0.3, -0.25) is 4.98 Å². The highest BCUT2D eigenvalue weighted by molar-refractivity contribution is 6.30. The lowest BCUT2D eigenvalue weighted by molar-refractivity contribution is 0.0295. The second-order valence-corrected chi connectivity index (χ2v) is 5.72. The predicted octanol–water partition coefficient (Wildman–Crippen LogP) is 3.70. The summed E-state index contributed by atoms with van der Waals surface area (Å²) in [5.74, 6) is 0. The van der Waals surface area contributed by atoms with Crippen LogP contribution in [0.15, 0.2) is 42.6 Å². The van der Waals surface area contributed by atoms with Crippen molar-refractivity contribution in [3.63, 3.8) is 0 Å². The molecule has 3 nitrogen and oxygen atoms in total. The van der Waals surface area contributed by atoms with E-state index in [1.165, 1.54) is 11.1 Å². The third-order valence-electron chi connectivity index (χ3n) is 4.00. The van der Waals surface area contributed by atoms with E-state index < -0.39 is 0 Å². The summed E-state index contributed by atoms with van der Waals surface area (Å²) in [6, 6.07) is 12.5. The number of fused-ring (bicyclic) bond motifs is 1. The van der Waals surface area contributed by atoms with Crippen molar-refractivity contribution in [3.8, 4) is 0 Å². The van der Waals surface area contributed by atoms with Crippen LogP contribution in [0.5, 0.6) is 0 Å². The van der Waals surface area contributed by atoms with E-state index in [-0.39, 0.29) is 12.1 Å². The largest absolute Gasteiger partial charge is 0.373 e. The molecule has 4 heteroatoms. The zero-order valence-electron chi connectivity index (χ0n) is 12.1. The molecular formula is C17H19ClN2O. The average molecular weight is 303 g/mol. The topological polar surface area (TPSA) is 34.1 Å². The molecule has 2 heterocycles. The molecule has 0 fully saturated rings. The van der Waals surface area contributed by atoms with E-state index in [1.807, 2.05) is 19.2 Å². The van der Waals surface area contributed by atoms with E-state index in [0.717, 1.165) is 25.1 Å². The fourth-order valence-corrected chi connectivity index (χ4v) is 2.98. The maximum absolute atomic E-state index is 5.99. The summed E-state index contributed by atoms with van der Waals surface area (Å²) in [6.07, 6.45) is 3.67. The van der Waals surface area contributed by atoms with Crippen molar-refractivity contribution in [2.75, 3.05) is 13.7 Å². The van der Waals surface area contributed by atoms with Gasteiger partial charge in [0.15, 0.2) is 0 Å². The Morgan fingerprint density at radius 1 is 1.33 bits per heavy atom. The number of hydrogen-bond donors (Lipinski definition) is 1. The van der Waals surface area contributed by atoms with Crippen LogP contribution in [0, 0.1) is 0 Å². The van der Waals surface area contributed by atoms with Gasteiger partial charge in [-0.05, 0) is 43.1 Å². The number of hydrogen-bond acceptors (Lipinski definition) is 3. The number of benzene rings is 1. The fraction of sp³-hybridized carbons (Fsp3) is 0.353. The molecule has 2 atom stereocenters. The Balaban J connectivity index is 1.80. The summed E-state index contributed by atoms with van der Waals surface area (Å²) in [5.41, 5.74) is 3.69. The average Bonchev–Trinajstić information content (AvgIpc) is 2.54. The van der Waals surface area contributed by atoms with Gasteiger partial charge in [0.2, 0.25) is 0 Å². The van der Waals surface area contributed by atoms with E-state index in [1.54, 1.807) is 6.20 Å². The van der Waals surface area contributed by atoms with E-state index in [4.69, 9.17) is 16.3 Å². The van der Waals surface area contributed by atoms with Crippen molar-refractivity contribution in [1.29, 1.82) is 0 Å². The third-order valence-corrected chi connectivity index (χ3v) is 4.22. The Labute approximate surface area is 130 Å². The zero-order valence-corrected chi connectivity index (χ0v) is 12.8. The number of halogens is 1. The molecule has 1 aromatic heterocycles. The van der Waals surface area contributed by atoms with Gasteiger partial charge in [-0.2, -0.15) is 0 Å². The van der Waals surface area contributed by atoms with Crippen molar-refractivity contribution >= 4 is 11.6 Å². The molecule has 1 aliphatic rings. The molecule has 3 rings (SSSR count). The van der Waals surface area contributed by atoms with Crippen LogP contribution in [-0.2, 0) is 11.2 Å². The third kappa shape index (κ3) is 3.26. The van der Waals surface area contributed by atoms with Gasteiger partial charge in [0.25, 0.3) is 0 Å². The molecule has 21 heavy (non-hydrogen) atoms. The summed E-state index contributed by atoms with van der Waals surface area (Å²) in [5, 5.41) is 3.99. The lowest BCUT2D eigenvalue weighted by Crippen LogP contribution is -2.24. The molecule has 1 aliphatic heterocycles. The Bertz CT molecular complexity index is 600. The lowest BCUT2D eigenvalue weighted by Gasteiger charge is -2.29. The molecule has 0 radical (unpaired) electrons. The minimum absolute atomic E-state index is 0.116. The van der Waals surface area contributed by atoms with Gasteiger partial charge in [0.1, 0.15) is 0 Å². The van der Waals surface area contributed by atoms with E-state index in [9.17, 15) is 0 Å². The molecule has 0 aliphatic carbocycles. The Morgan fingerprint density at radius 3 is 2.95 bits per heavy atom. The van der Waals surface area contributed by atoms with Gasteiger partial charge < -0.3 is 10.1 Å². The number of pyridine rings is 1. The zero-order chi connectivity index (χ0) is 14.7. The van der Waals surface area contributed by atoms with Gasteiger partial charge in [-0.15, -0.1) is 0 Å². The number of aromatic nitrogens is 1. The normalized spacial score (nSPS) is 19.0. The Morgan fingerprint density at radius 2 is 2.19 bits per heavy atom. The molecule has 1 aromatic carbocycles. The van der Waals surface area contributed by atoms with Crippen LogP contribution < -0.4 is 5.32 Å². The molecule has 0 saturated carbocycles. The van der Waals surface area contributed by atoms with Crippen LogP contribution in [-0.4, -0.2) is 18.6 Å². The van der Waals surface area contributed by atoms with Gasteiger partial charge in [0.05, 0.1) is 29.5 Å². The minimum Gasteiger partial charge on any atom is -0.373 e. The predicted molar refractivity (Wildman–Crippen MR) is 84.5 cm³/mol. The van der Waals surface area contributed by atoms with Crippen molar-refractivity contribution in [2.45, 2.75) is 25.0 Å². The van der Waals surface area contributed by atoms with E-state index >= 15 is 0 Å². The second kappa shape index (κ2) is 6.56. The molecular weight excluding hydrogens is 284 g/mol. The Hall–Kier alpha value is -1.42. The van der Waals surface area contributed by atoms with Crippen molar-refractivity contribution in [1.82, 2.24) is 10.3 Å². The first-order valence-corrected chi connectivity index (χ1v) is 7.64. The molecule has 0 bridgehead atoms. The lowest BCUT2D eigenvalue weighted by atomic mass is 9.92. The van der Waals surface area contributed by atoms with E-state index in [2.05, 4.69) is 34.6 Å². The van der Waals surface area contributed by atoms with Crippen LogP contribution in [0.1, 0.15) is 35.4 Å². The maximum Gasteiger partial charge on any atom is 0.0846 e. The van der Waals surface area contributed by atoms with Crippen molar-refractivity contribution < 1.29 is 4.74 Å². The monoisotopic (exact) mass is 302 g/mol.